The van der Waals surface area contributed by atoms with Crippen LogP contribution in [0.1, 0.15) is 30.1 Å². The molecule has 0 radical (unpaired) electrons. The van der Waals surface area contributed by atoms with Gasteiger partial charge in [0, 0.05) is 18.9 Å². The molecule has 0 amide bonds. The lowest BCUT2D eigenvalue weighted by Crippen LogP contribution is -2.28. The second-order valence-electron chi connectivity index (χ2n) is 5.28. The van der Waals surface area contributed by atoms with Crippen LogP contribution in [-0.4, -0.2) is 20.1 Å². The predicted molar refractivity (Wildman–Crippen MR) is 82.5 cm³/mol. The Morgan fingerprint density at radius 1 is 1.25 bits per heavy atom. The van der Waals surface area contributed by atoms with Gasteiger partial charge in [-0.2, -0.15) is 17.7 Å². The largest absolute Gasteiger partial charge is 0.345 e. The van der Waals surface area contributed by atoms with E-state index in [2.05, 4.69) is 29.9 Å². The third kappa shape index (κ3) is 2.54. The number of thiol groups is 1. The van der Waals surface area contributed by atoms with Crippen LogP contribution in [-0.2, 0) is 19.5 Å². The van der Waals surface area contributed by atoms with Gasteiger partial charge >= 0.3 is 5.69 Å². The number of hydrogen-bond acceptors (Lipinski definition) is 3. The molecule has 2 aromatic rings. The zero-order valence-electron chi connectivity index (χ0n) is 11.4. The molecular weight excluding hydrogens is 270 g/mol. The van der Waals surface area contributed by atoms with Crippen LogP contribution in [0, 0.1) is 0 Å². The zero-order chi connectivity index (χ0) is 13.9. The van der Waals surface area contributed by atoms with Crippen molar-refractivity contribution in [1.82, 2.24) is 14.3 Å². The summed E-state index contributed by atoms with van der Waals surface area (Å²) in [5.74, 6) is 1.86. The lowest BCUT2D eigenvalue weighted by molar-refractivity contribution is 0.505. The standard InChI is InChI=1S/C15H19N3OS/c19-15-17-9-5-4-8-14(17)16-18(15)10-13(11-20)12-6-2-1-3-7-12/h1-3,6-7,13,20H,4-5,8-11H2. The fourth-order valence-corrected chi connectivity index (χ4v) is 3.10. The molecule has 1 unspecified atom stereocenters. The first-order chi connectivity index (χ1) is 9.79. The van der Waals surface area contributed by atoms with Crippen molar-refractivity contribution in [1.29, 1.82) is 0 Å². The molecular formula is C15H19N3OS. The molecule has 0 fully saturated rings. The molecule has 1 aliphatic rings. The van der Waals surface area contributed by atoms with E-state index in [0.29, 0.717) is 12.3 Å². The van der Waals surface area contributed by atoms with Gasteiger partial charge in [-0.25, -0.2) is 9.48 Å². The maximum atomic E-state index is 12.3. The number of aryl methyl sites for hydroxylation is 1. The van der Waals surface area contributed by atoms with Gasteiger partial charge in [-0.3, -0.25) is 4.57 Å². The normalized spacial score (nSPS) is 15.8. The molecule has 106 valence electrons. The Bertz CT molecular complexity index is 632. The van der Waals surface area contributed by atoms with E-state index in [4.69, 9.17) is 0 Å². The molecule has 1 aliphatic heterocycles. The van der Waals surface area contributed by atoms with E-state index in [0.717, 1.165) is 31.6 Å². The number of aromatic nitrogens is 3. The maximum absolute atomic E-state index is 12.3. The van der Waals surface area contributed by atoms with Crippen LogP contribution in [0.25, 0.3) is 0 Å². The Labute approximate surface area is 123 Å². The van der Waals surface area contributed by atoms with E-state index in [9.17, 15) is 4.79 Å². The van der Waals surface area contributed by atoms with Crippen molar-refractivity contribution in [2.75, 3.05) is 5.75 Å². The molecule has 4 nitrogen and oxygen atoms in total. The van der Waals surface area contributed by atoms with E-state index in [1.165, 1.54) is 5.56 Å². The summed E-state index contributed by atoms with van der Waals surface area (Å²) in [6.07, 6.45) is 3.12. The summed E-state index contributed by atoms with van der Waals surface area (Å²) >= 11 is 4.43. The summed E-state index contributed by atoms with van der Waals surface area (Å²) < 4.78 is 3.44. The van der Waals surface area contributed by atoms with Crippen molar-refractivity contribution in [2.45, 2.75) is 38.3 Å². The summed E-state index contributed by atoms with van der Waals surface area (Å²) in [6.45, 7) is 1.41. The number of rotatable bonds is 4. The number of benzene rings is 1. The highest BCUT2D eigenvalue weighted by Gasteiger charge is 2.19. The summed E-state index contributed by atoms with van der Waals surface area (Å²) in [5, 5.41) is 4.50. The van der Waals surface area contributed by atoms with Gasteiger partial charge < -0.3 is 0 Å². The van der Waals surface area contributed by atoms with Crippen molar-refractivity contribution in [3.05, 3.63) is 52.2 Å². The summed E-state index contributed by atoms with van der Waals surface area (Å²) in [7, 11) is 0. The van der Waals surface area contributed by atoms with E-state index in [-0.39, 0.29) is 11.6 Å². The highest BCUT2D eigenvalue weighted by atomic mass is 32.1. The second-order valence-corrected chi connectivity index (χ2v) is 5.64. The third-order valence-corrected chi connectivity index (χ3v) is 4.36. The van der Waals surface area contributed by atoms with Crippen LogP contribution in [0.2, 0.25) is 0 Å². The number of fused-ring (bicyclic) bond motifs is 1. The molecule has 20 heavy (non-hydrogen) atoms. The minimum atomic E-state index is 0.0300. The molecule has 3 rings (SSSR count). The van der Waals surface area contributed by atoms with Crippen LogP contribution in [0.5, 0.6) is 0 Å². The molecule has 0 bridgehead atoms. The van der Waals surface area contributed by atoms with Crippen LogP contribution >= 0.6 is 12.6 Å². The molecule has 0 saturated heterocycles. The average Bonchev–Trinajstić information content (AvgIpc) is 2.82. The Kier molecular flexibility index (Phi) is 3.96. The van der Waals surface area contributed by atoms with E-state index in [1.807, 2.05) is 22.8 Å². The first-order valence-electron chi connectivity index (χ1n) is 7.12. The van der Waals surface area contributed by atoms with Gasteiger partial charge in [0.1, 0.15) is 5.82 Å². The lowest BCUT2D eigenvalue weighted by Gasteiger charge is -2.13. The topological polar surface area (TPSA) is 39.8 Å². The smallest absolute Gasteiger partial charge is 0.279 e. The van der Waals surface area contributed by atoms with Crippen LogP contribution in [0.4, 0.5) is 0 Å². The van der Waals surface area contributed by atoms with Gasteiger partial charge in [0.05, 0.1) is 6.54 Å². The quantitative estimate of drug-likeness (QED) is 0.876. The highest BCUT2D eigenvalue weighted by molar-refractivity contribution is 7.80. The van der Waals surface area contributed by atoms with Gasteiger partial charge in [0.15, 0.2) is 0 Å². The van der Waals surface area contributed by atoms with Gasteiger partial charge in [-0.05, 0) is 24.2 Å². The average molecular weight is 289 g/mol. The molecule has 2 heterocycles. The summed E-state index contributed by atoms with van der Waals surface area (Å²) in [5.41, 5.74) is 1.24. The molecule has 1 aromatic carbocycles. The summed E-state index contributed by atoms with van der Waals surface area (Å²) in [4.78, 5) is 12.3. The molecule has 5 heteroatoms. The Balaban J connectivity index is 1.87. The predicted octanol–water partition coefficient (Wildman–Crippen LogP) is 2.09. The Morgan fingerprint density at radius 2 is 2.05 bits per heavy atom. The van der Waals surface area contributed by atoms with Crippen molar-refractivity contribution in [3.8, 4) is 0 Å². The van der Waals surface area contributed by atoms with Crippen molar-refractivity contribution in [3.63, 3.8) is 0 Å². The molecule has 1 aromatic heterocycles. The first-order valence-corrected chi connectivity index (χ1v) is 7.75. The minimum absolute atomic E-state index is 0.0300. The van der Waals surface area contributed by atoms with Crippen molar-refractivity contribution >= 4 is 12.6 Å². The first kappa shape index (κ1) is 13.5. The number of nitrogens with zero attached hydrogens (tertiary/aromatic N) is 3. The van der Waals surface area contributed by atoms with Gasteiger partial charge in [-0.15, -0.1) is 0 Å². The zero-order valence-corrected chi connectivity index (χ0v) is 12.3. The number of hydrogen-bond donors (Lipinski definition) is 1. The molecule has 0 spiro atoms. The van der Waals surface area contributed by atoms with E-state index in [1.54, 1.807) is 4.68 Å². The molecule has 1 atom stereocenters. The molecule has 0 saturated carbocycles. The van der Waals surface area contributed by atoms with E-state index >= 15 is 0 Å². The Hall–Kier alpha value is -1.49. The van der Waals surface area contributed by atoms with Crippen molar-refractivity contribution in [2.24, 2.45) is 0 Å². The highest BCUT2D eigenvalue weighted by Crippen LogP contribution is 2.19. The summed E-state index contributed by atoms with van der Waals surface area (Å²) in [6, 6.07) is 10.2. The van der Waals surface area contributed by atoms with Gasteiger partial charge in [0.25, 0.3) is 0 Å². The van der Waals surface area contributed by atoms with Crippen molar-refractivity contribution < 1.29 is 0 Å². The SMILES string of the molecule is O=c1n(CC(CS)c2ccccc2)nc2n1CCCC2. The fraction of sp³-hybridized carbons (Fsp3) is 0.467. The maximum Gasteiger partial charge on any atom is 0.345 e. The fourth-order valence-electron chi connectivity index (χ4n) is 2.77. The van der Waals surface area contributed by atoms with E-state index < -0.39 is 0 Å². The molecule has 0 aliphatic carbocycles. The van der Waals surface area contributed by atoms with Crippen LogP contribution in [0.3, 0.4) is 0 Å². The monoisotopic (exact) mass is 289 g/mol. The Morgan fingerprint density at radius 3 is 2.75 bits per heavy atom. The molecule has 0 N–H and O–H groups in total. The minimum Gasteiger partial charge on any atom is -0.279 e. The van der Waals surface area contributed by atoms with Crippen LogP contribution < -0.4 is 5.69 Å². The third-order valence-electron chi connectivity index (χ3n) is 3.92. The van der Waals surface area contributed by atoms with Crippen LogP contribution in [0.15, 0.2) is 35.1 Å². The van der Waals surface area contributed by atoms with Gasteiger partial charge in [0.2, 0.25) is 0 Å². The second kappa shape index (κ2) is 5.87. The lowest BCUT2D eigenvalue weighted by atomic mass is 10.0. The van der Waals surface area contributed by atoms with Gasteiger partial charge in [-0.1, -0.05) is 30.3 Å².